The van der Waals surface area contributed by atoms with Crippen molar-refractivity contribution in [2.45, 2.75) is 38.5 Å². The molecule has 1 aromatic carbocycles. The van der Waals surface area contributed by atoms with Crippen LogP contribution in [-0.2, 0) is 6.42 Å². The molecule has 1 atom stereocenters. The predicted molar refractivity (Wildman–Crippen MR) is 81.8 cm³/mol. The molecular weight excluding hydrogens is 251 g/mol. The minimum absolute atomic E-state index is 0.0930. The van der Waals surface area contributed by atoms with Gasteiger partial charge in [-0.3, -0.25) is 0 Å². The molecule has 2 aliphatic rings. The van der Waals surface area contributed by atoms with Crippen LogP contribution >= 0.6 is 0 Å². The number of hydrogen-bond acceptors (Lipinski definition) is 2. The third-order valence-electron chi connectivity index (χ3n) is 4.65. The average Bonchev–Trinajstić information content (AvgIpc) is 2.49. The zero-order valence-electron chi connectivity index (χ0n) is 12.2. The molecule has 1 N–H and O–H groups in total. The van der Waals surface area contributed by atoms with Gasteiger partial charge in [-0.05, 0) is 81.3 Å². The SMILES string of the molecule is Fc1ccc(N2CCCCC2)c(CC2CCCNC2)c1. The molecule has 20 heavy (non-hydrogen) atoms. The van der Waals surface area contributed by atoms with Gasteiger partial charge in [0.25, 0.3) is 0 Å². The Bertz CT molecular complexity index is 435. The molecule has 2 fully saturated rings. The standard InChI is InChI=1S/C17H25FN2/c18-16-6-7-17(20-9-2-1-3-10-20)15(12-16)11-14-5-4-8-19-13-14/h6-7,12,14,19H,1-5,8-11,13H2. The van der Waals surface area contributed by atoms with Crippen molar-refractivity contribution in [1.29, 1.82) is 0 Å². The lowest BCUT2D eigenvalue weighted by molar-refractivity contribution is 0.375. The lowest BCUT2D eigenvalue weighted by Gasteiger charge is -2.32. The maximum atomic E-state index is 13.6. The number of nitrogens with zero attached hydrogens (tertiary/aromatic N) is 1. The summed E-state index contributed by atoms with van der Waals surface area (Å²) in [6.45, 7) is 4.47. The third kappa shape index (κ3) is 3.32. The fourth-order valence-corrected chi connectivity index (χ4v) is 3.57. The van der Waals surface area contributed by atoms with Gasteiger partial charge in [0.05, 0.1) is 0 Å². The van der Waals surface area contributed by atoms with Crippen LogP contribution in [0.15, 0.2) is 18.2 Å². The van der Waals surface area contributed by atoms with Crippen molar-refractivity contribution in [2.75, 3.05) is 31.1 Å². The molecule has 1 aromatic rings. The molecule has 0 aromatic heterocycles. The highest BCUT2D eigenvalue weighted by molar-refractivity contribution is 5.54. The average molecular weight is 276 g/mol. The molecule has 110 valence electrons. The van der Waals surface area contributed by atoms with Gasteiger partial charge in [-0.25, -0.2) is 4.39 Å². The van der Waals surface area contributed by atoms with Crippen molar-refractivity contribution >= 4 is 5.69 Å². The van der Waals surface area contributed by atoms with Crippen LogP contribution in [0.25, 0.3) is 0 Å². The number of benzene rings is 1. The summed E-state index contributed by atoms with van der Waals surface area (Å²) >= 11 is 0. The van der Waals surface area contributed by atoms with Gasteiger partial charge in [-0.2, -0.15) is 0 Å². The normalized spacial score (nSPS) is 23.9. The molecule has 0 radical (unpaired) electrons. The van der Waals surface area contributed by atoms with E-state index < -0.39 is 0 Å². The number of nitrogens with one attached hydrogen (secondary N) is 1. The third-order valence-corrected chi connectivity index (χ3v) is 4.65. The molecule has 2 nitrogen and oxygen atoms in total. The van der Waals surface area contributed by atoms with Crippen LogP contribution in [0.5, 0.6) is 0 Å². The quantitative estimate of drug-likeness (QED) is 0.910. The highest BCUT2D eigenvalue weighted by Gasteiger charge is 2.19. The number of hydrogen-bond donors (Lipinski definition) is 1. The lowest BCUT2D eigenvalue weighted by Crippen LogP contribution is -2.33. The van der Waals surface area contributed by atoms with Gasteiger partial charge in [0.2, 0.25) is 0 Å². The van der Waals surface area contributed by atoms with Crippen molar-refractivity contribution in [3.05, 3.63) is 29.6 Å². The zero-order chi connectivity index (χ0) is 13.8. The summed E-state index contributed by atoms with van der Waals surface area (Å²) in [5.74, 6) is 0.568. The summed E-state index contributed by atoms with van der Waals surface area (Å²) in [4.78, 5) is 2.45. The summed E-state index contributed by atoms with van der Waals surface area (Å²) < 4.78 is 13.6. The first-order chi connectivity index (χ1) is 9.83. The van der Waals surface area contributed by atoms with E-state index in [4.69, 9.17) is 0 Å². The van der Waals surface area contributed by atoms with Crippen LogP contribution in [0, 0.1) is 11.7 Å². The van der Waals surface area contributed by atoms with Gasteiger partial charge in [0.15, 0.2) is 0 Å². The minimum Gasteiger partial charge on any atom is -0.371 e. The second-order valence-corrected chi connectivity index (χ2v) is 6.24. The smallest absolute Gasteiger partial charge is 0.123 e. The molecular formula is C17H25FN2. The maximum Gasteiger partial charge on any atom is 0.123 e. The Morgan fingerprint density at radius 3 is 2.75 bits per heavy atom. The topological polar surface area (TPSA) is 15.3 Å². The molecule has 1 unspecified atom stereocenters. The van der Waals surface area contributed by atoms with Crippen molar-refractivity contribution in [3.63, 3.8) is 0 Å². The van der Waals surface area contributed by atoms with E-state index in [1.54, 1.807) is 12.1 Å². The molecule has 0 spiro atoms. The molecule has 2 aliphatic heterocycles. The van der Waals surface area contributed by atoms with Crippen molar-refractivity contribution in [3.8, 4) is 0 Å². The van der Waals surface area contributed by atoms with Gasteiger partial charge in [-0.1, -0.05) is 0 Å². The monoisotopic (exact) mass is 276 g/mol. The fourth-order valence-electron chi connectivity index (χ4n) is 3.57. The molecule has 2 saturated heterocycles. The predicted octanol–water partition coefficient (Wildman–Crippen LogP) is 3.36. The summed E-state index contributed by atoms with van der Waals surface area (Å²) in [7, 11) is 0. The summed E-state index contributed by atoms with van der Waals surface area (Å²) in [6.07, 6.45) is 7.39. The minimum atomic E-state index is -0.0930. The van der Waals surface area contributed by atoms with Crippen molar-refractivity contribution in [2.24, 2.45) is 5.92 Å². The fraction of sp³-hybridized carbons (Fsp3) is 0.647. The van der Waals surface area contributed by atoms with Gasteiger partial charge < -0.3 is 10.2 Å². The Morgan fingerprint density at radius 1 is 1.15 bits per heavy atom. The van der Waals surface area contributed by atoms with Crippen LogP contribution in [0.4, 0.5) is 10.1 Å². The summed E-state index contributed by atoms with van der Waals surface area (Å²) in [5, 5.41) is 3.46. The van der Waals surface area contributed by atoms with E-state index in [9.17, 15) is 4.39 Å². The Hall–Kier alpha value is -1.09. The first kappa shape index (κ1) is 13.9. The number of anilines is 1. The first-order valence-electron chi connectivity index (χ1n) is 8.07. The van der Waals surface area contributed by atoms with Crippen molar-refractivity contribution in [1.82, 2.24) is 5.32 Å². The number of rotatable bonds is 3. The van der Waals surface area contributed by atoms with E-state index in [0.29, 0.717) is 5.92 Å². The van der Waals surface area contributed by atoms with Gasteiger partial charge in [0.1, 0.15) is 5.82 Å². The Kier molecular flexibility index (Phi) is 4.56. The van der Waals surface area contributed by atoms with Gasteiger partial charge >= 0.3 is 0 Å². The number of halogens is 1. The molecule has 0 bridgehead atoms. The summed E-state index contributed by atoms with van der Waals surface area (Å²) in [5.41, 5.74) is 2.48. The molecule has 0 saturated carbocycles. The highest BCUT2D eigenvalue weighted by Crippen LogP contribution is 2.28. The first-order valence-corrected chi connectivity index (χ1v) is 8.07. The van der Waals surface area contributed by atoms with Crippen molar-refractivity contribution < 1.29 is 4.39 Å². The van der Waals surface area contributed by atoms with Crippen LogP contribution in [0.2, 0.25) is 0 Å². The second-order valence-electron chi connectivity index (χ2n) is 6.24. The van der Waals surface area contributed by atoms with Crippen LogP contribution in [-0.4, -0.2) is 26.2 Å². The molecule has 3 heteroatoms. The van der Waals surface area contributed by atoms with Gasteiger partial charge in [-0.15, -0.1) is 0 Å². The lowest BCUT2D eigenvalue weighted by atomic mass is 9.91. The van der Waals surface area contributed by atoms with E-state index in [1.165, 1.54) is 43.4 Å². The highest BCUT2D eigenvalue weighted by atomic mass is 19.1. The van der Waals surface area contributed by atoms with Gasteiger partial charge in [0, 0.05) is 18.8 Å². The number of piperidine rings is 2. The maximum absolute atomic E-state index is 13.6. The molecule has 2 heterocycles. The second kappa shape index (κ2) is 6.57. The van der Waals surface area contributed by atoms with Crippen LogP contribution in [0.3, 0.4) is 0 Å². The Morgan fingerprint density at radius 2 is 2.00 bits per heavy atom. The van der Waals surface area contributed by atoms with E-state index >= 15 is 0 Å². The van der Waals surface area contributed by atoms with E-state index in [2.05, 4.69) is 10.2 Å². The molecule has 0 amide bonds. The molecule has 0 aliphatic carbocycles. The van der Waals surface area contributed by atoms with E-state index in [-0.39, 0.29) is 5.82 Å². The summed E-state index contributed by atoms with van der Waals surface area (Å²) in [6, 6.07) is 5.37. The van der Waals surface area contributed by atoms with Crippen LogP contribution in [0.1, 0.15) is 37.7 Å². The largest absolute Gasteiger partial charge is 0.371 e. The molecule has 3 rings (SSSR count). The van der Waals surface area contributed by atoms with Crippen LogP contribution < -0.4 is 10.2 Å². The Balaban J connectivity index is 1.77. The van der Waals surface area contributed by atoms with E-state index in [0.717, 1.165) is 32.6 Å². The Labute approximate surface area is 121 Å². The zero-order valence-corrected chi connectivity index (χ0v) is 12.2. The van der Waals surface area contributed by atoms with E-state index in [1.807, 2.05) is 6.07 Å².